The number of hydrogen-bond acceptors (Lipinski definition) is 7. The summed E-state index contributed by atoms with van der Waals surface area (Å²) in [6, 6.07) is 7.01. The minimum atomic E-state index is -0.252. The molecule has 1 atom stereocenters. The van der Waals surface area contributed by atoms with Gasteiger partial charge in [-0.1, -0.05) is 0 Å². The molecular weight excluding hydrogens is 336 g/mol. The van der Waals surface area contributed by atoms with Gasteiger partial charge in [0.1, 0.15) is 17.8 Å². The summed E-state index contributed by atoms with van der Waals surface area (Å²) >= 11 is 0. The number of carbonyl (C=O) groups excluding carboxylic acids is 1. The molecule has 138 valence electrons. The first-order chi connectivity index (χ1) is 12.7. The van der Waals surface area contributed by atoms with Gasteiger partial charge in [0.2, 0.25) is 0 Å². The molecule has 1 unspecified atom stereocenters. The van der Waals surface area contributed by atoms with Crippen LogP contribution in [-0.4, -0.2) is 49.4 Å². The van der Waals surface area contributed by atoms with Gasteiger partial charge < -0.3 is 24.8 Å². The number of anilines is 2. The van der Waals surface area contributed by atoms with Crippen LogP contribution < -0.4 is 20.1 Å². The number of aromatic nitrogens is 2. The lowest BCUT2D eigenvalue weighted by atomic mass is 10.2. The molecule has 1 fully saturated rings. The topological polar surface area (TPSA) is 94.6 Å². The summed E-state index contributed by atoms with van der Waals surface area (Å²) in [6.45, 7) is 1.24. The van der Waals surface area contributed by atoms with Crippen LogP contribution in [0.4, 0.5) is 11.5 Å². The molecule has 1 aliphatic rings. The van der Waals surface area contributed by atoms with Crippen LogP contribution in [0.25, 0.3) is 0 Å². The molecule has 2 N–H and O–H groups in total. The van der Waals surface area contributed by atoms with Gasteiger partial charge in [0.25, 0.3) is 5.91 Å². The van der Waals surface area contributed by atoms with Crippen molar-refractivity contribution < 1.29 is 19.0 Å². The first kappa shape index (κ1) is 17.9. The zero-order chi connectivity index (χ0) is 18.4. The highest BCUT2D eigenvalue weighted by Gasteiger charge is 2.17. The minimum absolute atomic E-state index is 0.0881. The molecule has 0 spiro atoms. The minimum Gasteiger partial charge on any atom is -0.493 e. The van der Waals surface area contributed by atoms with E-state index in [4.69, 9.17) is 14.2 Å². The first-order valence-corrected chi connectivity index (χ1v) is 8.40. The van der Waals surface area contributed by atoms with Crippen LogP contribution in [-0.2, 0) is 4.74 Å². The third kappa shape index (κ3) is 4.40. The van der Waals surface area contributed by atoms with Crippen LogP contribution in [0.15, 0.2) is 30.6 Å². The lowest BCUT2D eigenvalue weighted by molar-refractivity contribution is 0.0853. The van der Waals surface area contributed by atoms with Crippen molar-refractivity contribution in [2.24, 2.45) is 0 Å². The number of hydrogen-bond donors (Lipinski definition) is 2. The van der Waals surface area contributed by atoms with E-state index in [0.717, 1.165) is 25.1 Å². The van der Waals surface area contributed by atoms with E-state index in [1.807, 2.05) is 6.07 Å². The molecule has 1 aliphatic heterocycles. The predicted octanol–water partition coefficient (Wildman–Crippen LogP) is 2.15. The number of rotatable bonds is 7. The van der Waals surface area contributed by atoms with Crippen molar-refractivity contribution in [1.82, 2.24) is 15.3 Å². The van der Waals surface area contributed by atoms with Gasteiger partial charge in [0.15, 0.2) is 11.5 Å². The smallest absolute Gasteiger partial charge is 0.270 e. The molecule has 1 saturated heterocycles. The Morgan fingerprint density at radius 2 is 2.08 bits per heavy atom. The third-order valence-electron chi connectivity index (χ3n) is 4.07. The number of ether oxygens (including phenoxy) is 3. The van der Waals surface area contributed by atoms with Crippen molar-refractivity contribution in [1.29, 1.82) is 0 Å². The Hall–Kier alpha value is -2.87. The molecule has 0 saturated carbocycles. The molecule has 8 nitrogen and oxygen atoms in total. The van der Waals surface area contributed by atoms with Crippen LogP contribution in [0, 0.1) is 0 Å². The largest absolute Gasteiger partial charge is 0.493 e. The van der Waals surface area contributed by atoms with E-state index < -0.39 is 0 Å². The summed E-state index contributed by atoms with van der Waals surface area (Å²) in [5.41, 5.74) is 1.05. The maximum absolute atomic E-state index is 12.3. The number of nitrogens with zero attached hydrogens (tertiary/aromatic N) is 2. The average Bonchev–Trinajstić information content (AvgIpc) is 3.20. The molecule has 26 heavy (non-hydrogen) atoms. The normalized spacial score (nSPS) is 16.2. The quantitative estimate of drug-likeness (QED) is 0.783. The maximum Gasteiger partial charge on any atom is 0.270 e. The molecule has 0 aliphatic carbocycles. The Labute approximate surface area is 151 Å². The molecule has 0 bridgehead atoms. The van der Waals surface area contributed by atoms with E-state index in [1.54, 1.807) is 32.4 Å². The Morgan fingerprint density at radius 1 is 1.23 bits per heavy atom. The van der Waals surface area contributed by atoms with E-state index >= 15 is 0 Å². The Bertz CT molecular complexity index is 763. The summed E-state index contributed by atoms with van der Waals surface area (Å²) < 4.78 is 16.0. The fourth-order valence-corrected chi connectivity index (χ4v) is 2.71. The molecule has 1 aromatic carbocycles. The lowest BCUT2D eigenvalue weighted by Crippen LogP contribution is -2.32. The summed E-state index contributed by atoms with van der Waals surface area (Å²) in [5, 5.41) is 5.98. The Balaban J connectivity index is 1.66. The molecular formula is C18H22N4O4. The van der Waals surface area contributed by atoms with Crippen molar-refractivity contribution in [3.8, 4) is 11.5 Å². The first-order valence-electron chi connectivity index (χ1n) is 8.40. The summed E-state index contributed by atoms with van der Waals surface area (Å²) in [7, 11) is 3.15. The molecule has 2 aromatic rings. The van der Waals surface area contributed by atoms with Gasteiger partial charge >= 0.3 is 0 Å². The maximum atomic E-state index is 12.3. The zero-order valence-corrected chi connectivity index (χ0v) is 14.8. The van der Waals surface area contributed by atoms with Gasteiger partial charge in [-0.15, -0.1) is 0 Å². The van der Waals surface area contributed by atoms with Crippen LogP contribution >= 0.6 is 0 Å². The number of carbonyl (C=O) groups is 1. The molecule has 3 rings (SSSR count). The molecule has 8 heteroatoms. The van der Waals surface area contributed by atoms with Crippen LogP contribution in [0.1, 0.15) is 23.3 Å². The monoisotopic (exact) mass is 358 g/mol. The number of amides is 1. The second-order valence-electron chi connectivity index (χ2n) is 5.83. The van der Waals surface area contributed by atoms with E-state index in [1.165, 1.54) is 6.33 Å². The predicted molar refractivity (Wildman–Crippen MR) is 96.2 cm³/mol. The number of benzene rings is 1. The van der Waals surface area contributed by atoms with Crippen molar-refractivity contribution in [2.75, 3.05) is 32.7 Å². The van der Waals surface area contributed by atoms with Gasteiger partial charge in [0, 0.05) is 31.0 Å². The second kappa shape index (κ2) is 8.48. The average molecular weight is 358 g/mol. The fraction of sp³-hybridized carbons (Fsp3) is 0.389. The Kier molecular flexibility index (Phi) is 5.85. The van der Waals surface area contributed by atoms with Crippen LogP contribution in [0.3, 0.4) is 0 Å². The summed E-state index contributed by atoms with van der Waals surface area (Å²) in [6.07, 6.45) is 3.44. The standard InChI is InChI=1S/C18H22N4O4/c1-24-15-6-5-12(8-16(15)25-2)22-17-9-14(20-11-21-17)18(23)19-10-13-4-3-7-26-13/h5-6,8-9,11,13H,3-4,7,10H2,1-2H3,(H,19,23)(H,20,21,22). The molecule has 2 heterocycles. The third-order valence-corrected chi connectivity index (χ3v) is 4.07. The van der Waals surface area contributed by atoms with Crippen molar-refractivity contribution in [2.45, 2.75) is 18.9 Å². The molecule has 1 amide bonds. The highest BCUT2D eigenvalue weighted by Crippen LogP contribution is 2.30. The van der Waals surface area contributed by atoms with E-state index in [9.17, 15) is 4.79 Å². The SMILES string of the molecule is COc1ccc(Nc2cc(C(=O)NCC3CCCO3)ncn2)cc1OC. The fourth-order valence-electron chi connectivity index (χ4n) is 2.71. The van der Waals surface area contributed by atoms with Crippen LogP contribution in [0.2, 0.25) is 0 Å². The molecule has 1 aromatic heterocycles. The zero-order valence-electron chi connectivity index (χ0n) is 14.8. The van der Waals surface area contributed by atoms with Crippen LogP contribution in [0.5, 0.6) is 11.5 Å². The second-order valence-corrected chi connectivity index (χ2v) is 5.83. The van der Waals surface area contributed by atoms with Crippen molar-refractivity contribution in [3.63, 3.8) is 0 Å². The van der Waals surface area contributed by atoms with E-state index in [0.29, 0.717) is 29.6 Å². The highest BCUT2D eigenvalue weighted by molar-refractivity contribution is 5.93. The van der Waals surface area contributed by atoms with E-state index in [-0.39, 0.29) is 12.0 Å². The highest BCUT2D eigenvalue weighted by atomic mass is 16.5. The van der Waals surface area contributed by atoms with Gasteiger partial charge in [-0.05, 0) is 25.0 Å². The van der Waals surface area contributed by atoms with Gasteiger partial charge in [-0.3, -0.25) is 4.79 Å². The van der Waals surface area contributed by atoms with Gasteiger partial charge in [-0.2, -0.15) is 0 Å². The summed E-state index contributed by atoms with van der Waals surface area (Å²) in [5.74, 6) is 1.49. The van der Waals surface area contributed by atoms with E-state index in [2.05, 4.69) is 20.6 Å². The lowest BCUT2D eigenvalue weighted by Gasteiger charge is -2.12. The number of methoxy groups -OCH3 is 2. The van der Waals surface area contributed by atoms with Gasteiger partial charge in [0.05, 0.1) is 20.3 Å². The summed E-state index contributed by atoms with van der Waals surface area (Å²) in [4.78, 5) is 20.5. The molecule has 0 radical (unpaired) electrons. The Morgan fingerprint density at radius 3 is 2.81 bits per heavy atom. The van der Waals surface area contributed by atoms with Crippen molar-refractivity contribution >= 4 is 17.4 Å². The number of nitrogens with one attached hydrogen (secondary N) is 2. The van der Waals surface area contributed by atoms with Crippen molar-refractivity contribution in [3.05, 3.63) is 36.3 Å². The van der Waals surface area contributed by atoms with Gasteiger partial charge in [-0.25, -0.2) is 9.97 Å².